The molecule has 64 valence electrons. The number of pyridine rings is 1. The smallest absolute Gasteiger partial charge is 0.305 e. The molecule has 0 aliphatic heterocycles. The van der Waals surface area contributed by atoms with Crippen molar-refractivity contribution in [3.63, 3.8) is 0 Å². The summed E-state index contributed by atoms with van der Waals surface area (Å²) in [7, 11) is 0. The minimum Gasteiger partial charge on any atom is -0.481 e. The quantitative estimate of drug-likeness (QED) is 0.687. The van der Waals surface area contributed by atoms with Gasteiger partial charge in [-0.2, -0.15) is 0 Å². The number of carboxylic acid groups (broad SMARTS) is 1. The highest BCUT2D eigenvalue weighted by molar-refractivity contribution is 5.67. The monoisotopic (exact) mass is 166 g/mol. The van der Waals surface area contributed by atoms with Crippen LogP contribution in [0.25, 0.3) is 0 Å². The van der Waals surface area contributed by atoms with Crippen LogP contribution in [0, 0.1) is 0 Å². The van der Waals surface area contributed by atoms with Gasteiger partial charge in [0.25, 0.3) is 0 Å². The van der Waals surface area contributed by atoms with Crippen LogP contribution in [0.4, 0.5) is 0 Å². The van der Waals surface area contributed by atoms with E-state index in [1.807, 2.05) is 0 Å². The third-order valence-electron chi connectivity index (χ3n) is 1.53. The molecule has 0 saturated carbocycles. The molecule has 0 unspecified atom stereocenters. The Morgan fingerprint density at radius 3 is 2.67 bits per heavy atom. The molecule has 4 nitrogen and oxygen atoms in total. The van der Waals surface area contributed by atoms with Crippen LogP contribution >= 0.6 is 0 Å². The zero-order valence-corrected chi connectivity index (χ0v) is 6.47. The van der Waals surface area contributed by atoms with Gasteiger partial charge in [0.15, 0.2) is 0 Å². The second-order valence-corrected chi connectivity index (χ2v) is 2.48. The highest BCUT2D eigenvalue weighted by atomic mass is 16.4. The van der Waals surface area contributed by atoms with E-state index in [2.05, 4.69) is 4.98 Å². The maximum absolute atomic E-state index is 10.3. The molecule has 1 aromatic rings. The fourth-order valence-electron chi connectivity index (χ4n) is 0.917. The topological polar surface area (TPSA) is 76.2 Å². The summed E-state index contributed by atoms with van der Waals surface area (Å²) in [6, 6.07) is 2.99. The molecule has 1 rings (SSSR count). The zero-order chi connectivity index (χ0) is 8.97. The zero-order valence-electron chi connectivity index (χ0n) is 6.47. The van der Waals surface area contributed by atoms with Crippen molar-refractivity contribution in [3.05, 3.63) is 30.1 Å². The average Bonchev–Trinajstić information content (AvgIpc) is 2.05. The molecule has 0 aliphatic carbocycles. The standard InChI is InChI=1S/C8H10N2O2/c9-7(5-8(11)12)6-1-3-10-4-2-6/h1-4,7H,5,9H2,(H,11,12)/t7-/m0/s1. The first-order valence-electron chi connectivity index (χ1n) is 3.57. The number of hydrogen-bond donors (Lipinski definition) is 2. The van der Waals surface area contributed by atoms with Gasteiger partial charge < -0.3 is 10.8 Å². The summed E-state index contributed by atoms with van der Waals surface area (Å²) in [5.41, 5.74) is 6.39. The van der Waals surface area contributed by atoms with Crippen molar-refractivity contribution in [3.8, 4) is 0 Å². The Morgan fingerprint density at radius 1 is 1.58 bits per heavy atom. The Labute approximate surface area is 70.0 Å². The third kappa shape index (κ3) is 2.32. The number of rotatable bonds is 3. The number of hydrogen-bond acceptors (Lipinski definition) is 3. The second kappa shape index (κ2) is 3.82. The summed E-state index contributed by atoms with van der Waals surface area (Å²) in [5.74, 6) is -0.890. The minimum atomic E-state index is -0.890. The predicted molar refractivity (Wildman–Crippen MR) is 43.4 cm³/mol. The van der Waals surface area contributed by atoms with Crippen LogP contribution in [0.1, 0.15) is 18.0 Å². The van der Waals surface area contributed by atoms with E-state index in [1.54, 1.807) is 24.5 Å². The van der Waals surface area contributed by atoms with E-state index in [0.717, 1.165) is 5.56 Å². The summed E-state index contributed by atoms with van der Waals surface area (Å²) >= 11 is 0. The van der Waals surface area contributed by atoms with Gasteiger partial charge in [-0.05, 0) is 17.7 Å². The summed E-state index contributed by atoms with van der Waals surface area (Å²) in [4.78, 5) is 14.1. The van der Waals surface area contributed by atoms with Crippen LogP contribution < -0.4 is 5.73 Å². The van der Waals surface area contributed by atoms with Gasteiger partial charge in [-0.3, -0.25) is 9.78 Å². The third-order valence-corrected chi connectivity index (χ3v) is 1.53. The largest absolute Gasteiger partial charge is 0.481 e. The van der Waals surface area contributed by atoms with Gasteiger partial charge in [0.05, 0.1) is 6.42 Å². The number of nitrogens with zero attached hydrogens (tertiary/aromatic N) is 1. The number of nitrogens with two attached hydrogens (primary N) is 1. The number of aliphatic carboxylic acids is 1. The van der Waals surface area contributed by atoms with Crippen LogP contribution in [-0.2, 0) is 4.79 Å². The first kappa shape index (κ1) is 8.67. The van der Waals surface area contributed by atoms with Crippen LogP contribution in [0.5, 0.6) is 0 Å². The molecule has 3 N–H and O–H groups in total. The fraction of sp³-hybridized carbons (Fsp3) is 0.250. The maximum Gasteiger partial charge on any atom is 0.305 e. The Bertz CT molecular complexity index is 261. The van der Waals surface area contributed by atoms with E-state index in [9.17, 15) is 4.79 Å². The lowest BCUT2D eigenvalue weighted by molar-refractivity contribution is -0.137. The maximum atomic E-state index is 10.3. The summed E-state index contributed by atoms with van der Waals surface area (Å²) in [6.07, 6.45) is 3.14. The normalized spacial score (nSPS) is 12.4. The van der Waals surface area contributed by atoms with E-state index in [0.29, 0.717) is 0 Å². The van der Waals surface area contributed by atoms with Gasteiger partial charge in [0.2, 0.25) is 0 Å². The molecular formula is C8H10N2O2. The van der Waals surface area contributed by atoms with Gasteiger partial charge in [0, 0.05) is 18.4 Å². The van der Waals surface area contributed by atoms with Crippen molar-refractivity contribution in [1.29, 1.82) is 0 Å². The molecular weight excluding hydrogens is 156 g/mol. The second-order valence-electron chi connectivity index (χ2n) is 2.48. The van der Waals surface area contributed by atoms with Crippen molar-refractivity contribution in [2.45, 2.75) is 12.5 Å². The van der Waals surface area contributed by atoms with E-state index in [-0.39, 0.29) is 6.42 Å². The number of carbonyl (C=O) groups is 1. The van der Waals surface area contributed by atoms with Gasteiger partial charge in [-0.15, -0.1) is 0 Å². The molecule has 1 aromatic heterocycles. The molecule has 0 bridgehead atoms. The van der Waals surface area contributed by atoms with Crippen LogP contribution in [0.3, 0.4) is 0 Å². The van der Waals surface area contributed by atoms with Crippen LogP contribution in [-0.4, -0.2) is 16.1 Å². The molecule has 0 aromatic carbocycles. The van der Waals surface area contributed by atoms with Gasteiger partial charge in [-0.25, -0.2) is 0 Å². The lowest BCUT2D eigenvalue weighted by Gasteiger charge is -2.07. The van der Waals surface area contributed by atoms with Crippen molar-refractivity contribution in [1.82, 2.24) is 4.98 Å². The SMILES string of the molecule is N[C@@H](CC(=O)O)c1ccncc1. The first-order chi connectivity index (χ1) is 5.70. The Hall–Kier alpha value is -1.42. The van der Waals surface area contributed by atoms with Gasteiger partial charge in [0.1, 0.15) is 0 Å². The van der Waals surface area contributed by atoms with Crippen molar-refractivity contribution >= 4 is 5.97 Å². The number of carboxylic acids is 1. The summed E-state index contributed by atoms with van der Waals surface area (Å²) < 4.78 is 0. The van der Waals surface area contributed by atoms with E-state index < -0.39 is 12.0 Å². The van der Waals surface area contributed by atoms with E-state index >= 15 is 0 Å². The van der Waals surface area contributed by atoms with Crippen molar-refractivity contribution in [2.75, 3.05) is 0 Å². The van der Waals surface area contributed by atoms with Gasteiger partial charge in [-0.1, -0.05) is 0 Å². The molecule has 0 fully saturated rings. The predicted octanol–water partition coefficient (Wildman–Crippen LogP) is 0.556. The molecule has 0 radical (unpaired) electrons. The molecule has 0 spiro atoms. The first-order valence-corrected chi connectivity index (χ1v) is 3.57. The van der Waals surface area contributed by atoms with E-state index in [4.69, 9.17) is 10.8 Å². The van der Waals surface area contributed by atoms with Crippen LogP contribution in [0.15, 0.2) is 24.5 Å². The molecule has 4 heteroatoms. The molecule has 12 heavy (non-hydrogen) atoms. The molecule has 0 saturated heterocycles. The van der Waals surface area contributed by atoms with E-state index in [1.165, 1.54) is 0 Å². The molecule has 1 heterocycles. The van der Waals surface area contributed by atoms with Gasteiger partial charge >= 0.3 is 5.97 Å². The Balaban J connectivity index is 2.65. The highest BCUT2D eigenvalue weighted by Gasteiger charge is 2.09. The number of aromatic nitrogens is 1. The summed E-state index contributed by atoms with van der Waals surface area (Å²) in [5, 5.41) is 8.45. The lowest BCUT2D eigenvalue weighted by Crippen LogP contribution is -2.14. The highest BCUT2D eigenvalue weighted by Crippen LogP contribution is 2.11. The molecule has 1 atom stereocenters. The fourth-order valence-corrected chi connectivity index (χ4v) is 0.917. The van der Waals surface area contributed by atoms with Crippen molar-refractivity contribution < 1.29 is 9.90 Å². The Morgan fingerprint density at radius 2 is 2.17 bits per heavy atom. The summed E-state index contributed by atoms with van der Waals surface area (Å²) in [6.45, 7) is 0. The van der Waals surface area contributed by atoms with Crippen molar-refractivity contribution in [2.24, 2.45) is 5.73 Å². The Kier molecular flexibility index (Phi) is 2.76. The van der Waals surface area contributed by atoms with Crippen LogP contribution in [0.2, 0.25) is 0 Å². The molecule has 0 aliphatic rings. The average molecular weight is 166 g/mol. The lowest BCUT2D eigenvalue weighted by atomic mass is 10.1. The minimum absolute atomic E-state index is 0.0516. The molecule has 0 amide bonds.